The highest BCUT2D eigenvalue weighted by Gasteiger charge is 2.28. The number of carbonyl (C=O) groups is 1. The third kappa shape index (κ3) is 6.60. The Balaban J connectivity index is 1.59. The predicted octanol–water partition coefficient (Wildman–Crippen LogP) is 5.60. The fourth-order valence-electron chi connectivity index (χ4n) is 4.43. The number of nitrogens with zero attached hydrogens (tertiary/aromatic N) is 3. The van der Waals surface area contributed by atoms with Gasteiger partial charge < -0.3 is 39.4 Å². The molecule has 4 aromatic rings. The number of hydrogen-bond acceptors (Lipinski definition) is 11. The summed E-state index contributed by atoms with van der Waals surface area (Å²) in [5, 5.41) is 18.0. The minimum absolute atomic E-state index is 0.0351. The van der Waals surface area contributed by atoms with E-state index >= 15 is 8.78 Å². The van der Waals surface area contributed by atoms with Gasteiger partial charge in [-0.15, -0.1) is 0 Å². The van der Waals surface area contributed by atoms with Crippen LogP contribution >= 0.6 is 0 Å². The Morgan fingerprint density at radius 3 is 2.37 bits per heavy atom. The number of amidine groups is 2. The van der Waals surface area contributed by atoms with E-state index in [0.717, 1.165) is 6.54 Å². The van der Waals surface area contributed by atoms with Crippen molar-refractivity contribution in [1.29, 1.82) is 5.41 Å². The van der Waals surface area contributed by atoms with E-state index in [1.54, 1.807) is 25.1 Å². The fourth-order valence-corrected chi connectivity index (χ4v) is 4.43. The van der Waals surface area contributed by atoms with Crippen molar-refractivity contribution in [3.63, 3.8) is 0 Å². The van der Waals surface area contributed by atoms with Gasteiger partial charge in [0.05, 0.1) is 25.8 Å². The van der Waals surface area contributed by atoms with E-state index in [4.69, 9.17) is 34.8 Å². The lowest BCUT2D eigenvalue weighted by molar-refractivity contribution is 0.0526. The zero-order valence-corrected chi connectivity index (χ0v) is 25.0. The van der Waals surface area contributed by atoms with Gasteiger partial charge in [-0.3, -0.25) is 10.4 Å². The van der Waals surface area contributed by atoms with Crippen molar-refractivity contribution in [2.24, 2.45) is 10.7 Å². The van der Waals surface area contributed by atoms with Gasteiger partial charge in [-0.25, -0.2) is 4.79 Å². The Morgan fingerprint density at radius 1 is 0.978 bits per heavy atom. The van der Waals surface area contributed by atoms with Crippen molar-refractivity contribution < 1.29 is 42.4 Å². The Kier molecular flexibility index (Phi) is 9.16. The van der Waals surface area contributed by atoms with Gasteiger partial charge >= 0.3 is 5.97 Å². The minimum atomic E-state index is -1.40. The van der Waals surface area contributed by atoms with Crippen LogP contribution in [0.5, 0.6) is 46.3 Å². The zero-order chi connectivity index (χ0) is 33.0. The standard InChI is InChI=1S/C32H29F2N5O7/c1-4-43-32(41)19-9-11-22(24(16-19)42-3)45-27-25(33)30(44-20-7-5-6-18(14-20)29-37-12-13-39(29)2)38-31(26(27)34)46-23-15-17(28(35)36)8-10-21(23)40/h5-11,14-16,40H,4,12-13H2,1-3H3,(H3,35,36). The molecular weight excluding hydrogens is 604 g/mol. The van der Waals surface area contributed by atoms with Crippen molar-refractivity contribution in [1.82, 2.24) is 9.88 Å². The molecule has 14 heteroatoms. The lowest BCUT2D eigenvalue weighted by Gasteiger charge is -2.17. The van der Waals surface area contributed by atoms with E-state index in [9.17, 15) is 9.90 Å². The maximum atomic E-state index is 16.0. The van der Waals surface area contributed by atoms with Crippen molar-refractivity contribution >= 4 is 17.6 Å². The Hall–Kier alpha value is -5.92. The summed E-state index contributed by atoms with van der Waals surface area (Å²) in [4.78, 5) is 22.6. The fraction of sp³-hybridized carbons (Fsp3) is 0.188. The molecule has 1 aromatic heterocycles. The van der Waals surface area contributed by atoms with E-state index < -0.39 is 40.9 Å². The molecule has 238 valence electrons. The highest BCUT2D eigenvalue weighted by Crippen LogP contribution is 2.43. The first kappa shape index (κ1) is 31.5. The molecule has 0 spiro atoms. The Bertz CT molecular complexity index is 1850. The minimum Gasteiger partial charge on any atom is -0.504 e. The zero-order valence-electron chi connectivity index (χ0n) is 25.0. The van der Waals surface area contributed by atoms with Gasteiger partial charge in [0.15, 0.2) is 23.0 Å². The van der Waals surface area contributed by atoms with E-state index in [2.05, 4.69) is 9.98 Å². The molecule has 0 aliphatic carbocycles. The number of hydrogen-bond donors (Lipinski definition) is 3. The maximum Gasteiger partial charge on any atom is 0.338 e. The number of halogens is 2. The SMILES string of the molecule is CCOC(=O)c1ccc(Oc2c(F)c(Oc3cccc(C4=NCCN4C)c3)nc(Oc3cc(C(=N)N)ccc3O)c2F)c(OC)c1. The van der Waals surface area contributed by atoms with Gasteiger partial charge in [0, 0.05) is 24.7 Å². The number of aliphatic imine (C=N–C) groups is 1. The first-order valence-corrected chi connectivity index (χ1v) is 13.9. The topological polar surface area (TPSA) is 162 Å². The van der Waals surface area contributed by atoms with Gasteiger partial charge in [0.2, 0.25) is 17.4 Å². The van der Waals surface area contributed by atoms with Crippen LogP contribution in [-0.4, -0.2) is 66.5 Å². The van der Waals surface area contributed by atoms with Crippen LogP contribution in [0.2, 0.25) is 0 Å². The van der Waals surface area contributed by atoms with E-state index in [1.165, 1.54) is 43.5 Å². The second kappa shape index (κ2) is 13.4. The number of aromatic hydroxyl groups is 1. The summed E-state index contributed by atoms with van der Waals surface area (Å²) in [5.74, 6) is -6.36. The number of benzene rings is 3. The van der Waals surface area contributed by atoms with Crippen LogP contribution in [0.4, 0.5) is 8.78 Å². The predicted molar refractivity (Wildman–Crippen MR) is 163 cm³/mol. The monoisotopic (exact) mass is 633 g/mol. The second-order valence-electron chi connectivity index (χ2n) is 9.82. The first-order chi connectivity index (χ1) is 22.1. The van der Waals surface area contributed by atoms with Crippen molar-refractivity contribution in [3.8, 4) is 46.3 Å². The lowest BCUT2D eigenvalue weighted by Crippen LogP contribution is -2.23. The number of nitrogens with two attached hydrogens (primary N) is 1. The highest BCUT2D eigenvalue weighted by atomic mass is 19.1. The van der Waals surface area contributed by atoms with Crippen LogP contribution in [0, 0.1) is 17.0 Å². The molecule has 3 aromatic carbocycles. The molecule has 0 radical (unpaired) electrons. The van der Waals surface area contributed by atoms with E-state index in [1.807, 2.05) is 18.0 Å². The van der Waals surface area contributed by atoms with Crippen LogP contribution in [0.25, 0.3) is 0 Å². The second-order valence-corrected chi connectivity index (χ2v) is 9.82. The summed E-state index contributed by atoms with van der Waals surface area (Å²) in [6, 6.07) is 14.3. The van der Waals surface area contributed by atoms with E-state index in [-0.39, 0.29) is 46.6 Å². The van der Waals surface area contributed by atoms with E-state index in [0.29, 0.717) is 17.9 Å². The van der Waals surface area contributed by atoms with Crippen molar-refractivity contribution in [2.45, 2.75) is 6.92 Å². The summed E-state index contributed by atoms with van der Waals surface area (Å²) >= 11 is 0. The molecule has 0 fully saturated rings. The molecule has 1 aliphatic rings. The number of esters is 1. The normalized spacial score (nSPS) is 12.4. The summed E-state index contributed by atoms with van der Waals surface area (Å²) in [6.45, 7) is 3.14. The van der Waals surface area contributed by atoms with Crippen LogP contribution in [0.15, 0.2) is 65.7 Å². The number of nitrogens with one attached hydrogen (secondary N) is 1. The number of phenols is 1. The number of rotatable bonds is 11. The number of ether oxygens (including phenoxy) is 5. The molecule has 2 heterocycles. The molecule has 0 amide bonds. The molecule has 0 saturated carbocycles. The van der Waals surface area contributed by atoms with Gasteiger partial charge in [0.1, 0.15) is 17.4 Å². The molecular formula is C32H29F2N5O7. The molecule has 0 unspecified atom stereocenters. The molecule has 1 aliphatic heterocycles. The number of nitrogen functional groups attached to an aromatic ring is 1. The van der Waals surface area contributed by atoms with Crippen LogP contribution < -0.4 is 24.7 Å². The summed E-state index contributed by atoms with van der Waals surface area (Å²) in [7, 11) is 3.17. The largest absolute Gasteiger partial charge is 0.504 e. The Labute approximate surface area is 262 Å². The van der Waals surface area contributed by atoms with Gasteiger partial charge in [-0.2, -0.15) is 13.8 Å². The quantitative estimate of drug-likeness (QED) is 0.108. The average Bonchev–Trinajstić information content (AvgIpc) is 3.48. The van der Waals surface area contributed by atoms with Crippen LogP contribution in [0.1, 0.15) is 28.4 Å². The third-order valence-electron chi connectivity index (χ3n) is 6.71. The molecule has 46 heavy (non-hydrogen) atoms. The van der Waals surface area contributed by atoms with Gasteiger partial charge in [0.25, 0.3) is 11.8 Å². The van der Waals surface area contributed by atoms with Gasteiger partial charge in [-0.05, 0) is 55.5 Å². The van der Waals surface area contributed by atoms with Gasteiger partial charge in [-0.1, -0.05) is 12.1 Å². The maximum absolute atomic E-state index is 16.0. The number of phenolic OH excluding ortho intramolecular Hbond substituents is 1. The molecule has 4 N–H and O–H groups in total. The molecule has 0 atom stereocenters. The average molecular weight is 634 g/mol. The molecule has 0 saturated heterocycles. The summed E-state index contributed by atoms with van der Waals surface area (Å²) in [5.41, 5.74) is 6.53. The molecule has 5 rings (SSSR count). The third-order valence-corrected chi connectivity index (χ3v) is 6.71. The molecule has 12 nitrogen and oxygen atoms in total. The highest BCUT2D eigenvalue weighted by molar-refractivity contribution is 6.00. The number of pyridine rings is 1. The lowest BCUT2D eigenvalue weighted by atomic mass is 10.2. The summed E-state index contributed by atoms with van der Waals surface area (Å²) in [6.07, 6.45) is 0. The number of methoxy groups -OCH3 is 1. The van der Waals surface area contributed by atoms with Crippen molar-refractivity contribution in [3.05, 3.63) is 89.0 Å². The van der Waals surface area contributed by atoms with Crippen LogP contribution in [-0.2, 0) is 4.74 Å². The molecule has 0 bridgehead atoms. The number of likely N-dealkylation sites (N-methyl/N-ethyl adjacent to an activating group) is 1. The number of aromatic nitrogens is 1. The van der Waals surface area contributed by atoms with Crippen molar-refractivity contribution in [2.75, 3.05) is 33.9 Å². The first-order valence-electron chi connectivity index (χ1n) is 13.9. The smallest absolute Gasteiger partial charge is 0.338 e. The van der Waals surface area contributed by atoms with Crippen LogP contribution in [0.3, 0.4) is 0 Å². The number of carbonyl (C=O) groups excluding carboxylic acids is 1. The summed E-state index contributed by atoms with van der Waals surface area (Å²) < 4.78 is 59.3. The Morgan fingerprint density at radius 2 is 1.70 bits per heavy atom.